The van der Waals surface area contributed by atoms with E-state index in [0.29, 0.717) is 11.3 Å². The van der Waals surface area contributed by atoms with Crippen molar-refractivity contribution in [3.63, 3.8) is 0 Å². The second kappa shape index (κ2) is 6.35. The highest BCUT2D eigenvalue weighted by Crippen LogP contribution is 2.47. The number of carbonyl (C=O) groups is 4. The molecule has 0 bridgehead atoms. The first-order valence-corrected chi connectivity index (χ1v) is 7.48. The fourth-order valence-electron chi connectivity index (χ4n) is 2.71. The molecule has 2 aliphatic rings. The number of allylic oxidation sites excluding steroid dienone is 1. The number of hydrogen-bond donors (Lipinski definition) is 1. The third-order valence-electron chi connectivity index (χ3n) is 3.66. The molecule has 1 amide bonds. The molecule has 0 radical (unpaired) electrons. The molecule has 0 aromatic heterocycles. The lowest BCUT2D eigenvalue weighted by Crippen LogP contribution is -2.62. The van der Waals surface area contributed by atoms with Crippen LogP contribution in [0.4, 0.5) is 0 Å². The molecule has 0 aliphatic carbocycles. The molecule has 7 nitrogen and oxygen atoms in total. The van der Waals surface area contributed by atoms with E-state index in [0.717, 1.165) is 11.8 Å². The fourth-order valence-corrected chi connectivity index (χ4v) is 3.69. The van der Waals surface area contributed by atoms with Crippen LogP contribution in [0.1, 0.15) is 20.3 Å². The maximum absolute atomic E-state index is 12.2. The van der Waals surface area contributed by atoms with Gasteiger partial charge >= 0.3 is 5.97 Å². The van der Waals surface area contributed by atoms with Crippen molar-refractivity contribution in [1.82, 2.24) is 4.90 Å². The Morgan fingerprint density at radius 1 is 1.50 bits per heavy atom. The quantitative estimate of drug-likeness (QED) is 0.422. The number of rotatable bonds is 7. The van der Waals surface area contributed by atoms with E-state index >= 15 is 0 Å². The average molecular weight is 325 g/mol. The standard InChI is InChI=1S/C14H15NO6S/c1-7(17)3-4-22-10-5-9-11(8(2)21-6-16)13(18)15(9)12(10)14(19)20/h3-4,6,8-9,11H,5H2,1-2H3,(H,19,20)/t8-,9-,11-/m1/s1. The molecular formula is C14H15NO6S. The van der Waals surface area contributed by atoms with Crippen molar-refractivity contribution in [1.29, 1.82) is 0 Å². The fraction of sp³-hybridized carbons (Fsp3) is 0.429. The van der Waals surface area contributed by atoms with Crippen molar-refractivity contribution in [2.24, 2.45) is 5.92 Å². The molecule has 2 heterocycles. The van der Waals surface area contributed by atoms with Crippen LogP contribution in [0.25, 0.3) is 0 Å². The number of hydrogen-bond acceptors (Lipinski definition) is 6. The minimum Gasteiger partial charge on any atom is -0.477 e. The Kier molecular flexibility index (Phi) is 4.70. The number of carbonyl (C=O) groups excluding carboxylic acids is 3. The Hall–Kier alpha value is -2.09. The second-order valence-electron chi connectivity index (χ2n) is 5.05. The summed E-state index contributed by atoms with van der Waals surface area (Å²) in [7, 11) is 0. The van der Waals surface area contributed by atoms with Gasteiger partial charge in [-0.3, -0.25) is 14.4 Å². The molecule has 0 aromatic rings. The van der Waals surface area contributed by atoms with Crippen molar-refractivity contribution in [2.45, 2.75) is 32.4 Å². The summed E-state index contributed by atoms with van der Waals surface area (Å²) in [5, 5.41) is 10.8. The molecule has 2 rings (SSSR count). The Labute approximate surface area is 131 Å². The number of nitrogens with zero attached hydrogens (tertiary/aromatic N) is 1. The number of ketones is 1. The summed E-state index contributed by atoms with van der Waals surface area (Å²) in [5.74, 6) is -2.22. The number of carboxylic acids is 1. The van der Waals surface area contributed by atoms with Crippen LogP contribution < -0.4 is 0 Å². The number of β-lactam (4-membered cyclic amide) rings is 1. The van der Waals surface area contributed by atoms with Crippen LogP contribution >= 0.6 is 11.8 Å². The Bertz CT molecular complexity index is 596. The molecule has 0 aromatic carbocycles. The molecule has 0 unspecified atom stereocenters. The third-order valence-corrected chi connectivity index (χ3v) is 4.58. The highest BCUT2D eigenvalue weighted by atomic mass is 32.2. The molecule has 3 atom stereocenters. The van der Waals surface area contributed by atoms with Crippen molar-refractivity contribution in [3.05, 3.63) is 22.1 Å². The van der Waals surface area contributed by atoms with Crippen molar-refractivity contribution in [3.8, 4) is 0 Å². The lowest BCUT2D eigenvalue weighted by atomic mass is 9.83. The van der Waals surface area contributed by atoms with Gasteiger partial charge in [-0.2, -0.15) is 0 Å². The zero-order valence-electron chi connectivity index (χ0n) is 12.0. The Morgan fingerprint density at radius 2 is 2.18 bits per heavy atom. The molecule has 1 N–H and O–H groups in total. The van der Waals surface area contributed by atoms with E-state index in [1.165, 1.54) is 23.3 Å². The Balaban J connectivity index is 2.19. The first-order chi connectivity index (χ1) is 10.4. The van der Waals surface area contributed by atoms with E-state index in [9.17, 15) is 24.3 Å². The van der Waals surface area contributed by atoms with Crippen LogP contribution in [-0.4, -0.2) is 46.3 Å². The number of amides is 1. The zero-order chi connectivity index (χ0) is 16.4. The van der Waals surface area contributed by atoms with Crippen molar-refractivity contribution >= 4 is 35.9 Å². The van der Waals surface area contributed by atoms with Crippen LogP contribution in [0, 0.1) is 5.92 Å². The molecule has 1 fully saturated rings. The van der Waals surface area contributed by atoms with E-state index in [-0.39, 0.29) is 29.9 Å². The topological polar surface area (TPSA) is 101 Å². The molecule has 8 heteroatoms. The van der Waals surface area contributed by atoms with Gasteiger partial charge in [-0.15, -0.1) is 0 Å². The van der Waals surface area contributed by atoms with Crippen LogP contribution in [0.2, 0.25) is 0 Å². The molecule has 22 heavy (non-hydrogen) atoms. The number of carboxylic acid groups (broad SMARTS) is 1. The summed E-state index contributed by atoms with van der Waals surface area (Å²) in [6.07, 6.45) is 1.11. The molecule has 0 saturated carbocycles. The predicted molar refractivity (Wildman–Crippen MR) is 77.4 cm³/mol. The summed E-state index contributed by atoms with van der Waals surface area (Å²) in [4.78, 5) is 46.6. The number of ether oxygens (including phenoxy) is 1. The summed E-state index contributed by atoms with van der Waals surface area (Å²) < 4.78 is 4.81. The molecule has 1 saturated heterocycles. The lowest BCUT2D eigenvalue weighted by molar-refractivity contribution is -0.165. The normalized spacial score (nSPS) is 25.0. The van der Waals surface area contributed by atoms with E-state index < -0.39 is 18.0 Å². The summed E-state index contributed by atoms with van der Waals surface area (Å²) >= 11 is 1.12. The van der Waals surface area contributed by atoms with Gasteiger partial charge in [0.05, 0.1) is 12.0 Å². The van der Waals surface area contributed by atoms with Gasteiger partial charge in [-0.05, 0) is 25.3 Å². The minimum absolute atomic E-state index is 0.0530. The second-order valence-corrected chi connectivity index (χ2v) is 6.05. The predicted octanol–water partition coefficient (Wildman–Crippen LogP) is 0.911. The first kappa shape index (κ1) is 16.3. The summed E-state index contributed by atoms with van der Waals surface area (Å²) in [6, 6.07) is -0.318. The summed E-state index contributed by atoms with van der Waals surface area (Å²) in [6.45, 7) is 3.28. The molecule has 2 aliphatic heterocycles. The monoisotopic (exact) mass is 325 g/mol. The molecule has 118 valence electrons. The van der Waals surface area contributed by atoms with Gasteiger partial charge in [-0.1, -0.05) is 11.8 Å². The molecular weight excluding hydrogens is 310 g/mol. The molecule has 0 spiro atoms. The highest BCUT2D eigenvalue weighted by Gasteiger charge is 2.57. The van der Waals surface area contributed by atoms with Crippen LogP contribution in [-0.2, 0) is 23.9 Å². The van der Waals surface area contributed by atoms with Gasteiger partial charge in [-0.25, -0.2) is 4.79 Å². The lowest BCUT2D eigenvalue weighted by Gasteiger charge is -2.45. The SMILES string of the molecule is CC(=O)C=CSC1=C(C(=O)O)N2C(=O)[C@H]([C@@H](C)OC=O)[C@H]2C1. The van der Waals surface area contributed by atoms with Gasteiger partial charge in [0.1, 0.15) is 11.8 Å². The number of fused-ring (bicyclic) bond motifs is 1. The summed E-state index contributed by atoms with van der Waals surface area (Å²) in [5.41, 5.74) is -0.0530. The van der Waals surface area contributed by atoms with Gasteiger partial charge in [0.15, 0.2) is 5.78 Å². The van der Waals surface area contributed by atoms with E-state index in [1.807, 2.05) is 0 Å². The third kappa shape index (κ3) is 2.78. The highest BCUT2D eigenvalue weighted by molar-refractivity contribution is 8.05. The minimum atomic E-state index is -1.18. The Morgan fingerprint density at radius 3 is 2.73 bits per heavy atom. The maximum Gasteiger partial charge on any atom is 0.353 e. The van der Waals surface area contributed by atoms with Gasteiger partial charge in [0.2, 0.25) is 5.91 Å². The average Bonchev–Trinajstić information content (AvgIpc) is 2.73. The van der Waals surface area contributed by atoms with Crippen LogP contribution in [0.5, 0.6) is 0 Å². The smallest absolute Gasteiger partial charge is 0.353 e. The van der Waals surface area contributed by atoms with Crippen molar-refractivity contribution in [2.75, 3.05) is 0 Å². The largest absolute Gasteiger partial charge is 0.477 e. The van der Waals surface area contributed by atoms with E-state index in [2.05, 4.69) is 0 Å². The maximum atomic E-state index is 12.2. The van der Waals surface area contributed by atoms with Crippen LogP contribution in [0.15, 0.2) is 22.1 Å². The first-order valence-electron chi connectivity index (χ1n) is 6.60. The van der Waals surface area contributed by atoms with Gasteiger partial charge < -0.3 is 14.7 Å². The number of thioether (sulfide) groups is 1. The van der Waals surface area contributed by atoms with Crippen LogP contribution in [0.3, 0.4) is 0 Å². The van der Waals surface area contributed by atoms with E-state index in [4.69, 9.17) is 4.74 Å². The zero-order valence-corrected chi connectivity index (χ0v) is 12.8. The number of aliphatic carboxylic acids is 1. The van der Waals surface area contributed by atoms with Gasteiger partial charge in [0.25, 0.3) is 6.47 Å². The van der Waals surface area contributed by atoms with Crippen molar-refractivity contribution < 1.29 is 29.0 Å². The van der Waals surface area contributed by atoms with E-state index in [1.54, 1.807) is 6.92 Å². The van der Waals surface area contributed by atoms with Gasteiger partial charge in [0, 0.05) is 11.3 Å².